The first kappa shape index (κ1) is 22.8. The van der Waals surface area contributed by atoms with Gasteiger partial charge < -0.3 is 9.88 Å². The van der Waals surface area contributed by atoms with Crippen LogP contribution < -0.4 is 10.0 Å². The maximum Gasteiger partial charge on any atom is 0.288 e. The Bertz CT molecular complexity index is 1100. The Hall–Kier alpha value is -2.92. The highest BCUT2D eigenvalue weighted by atomic mass is 32.2. The van der Waals surface area contributed by atoms with E-state index in [0.29, 0.717) is 5.82 Å². The van der Waals surface area contributed by atoms with E-state index in [9.17, 15) is 27.2 Å². The minimum atomic E-state index is -4.10. The predicted octanol–water partition coefficient (Wildman–Crippen LogP) is 0.800. The molecule has 1 aromatic heterocycles. The van der Waals surface area contributed by atoms with Crippen LogP contribution in [0.4, 0.5) is 4.39 Å². The van der Waals surface area contributed by atoms with Crippen molar-refractivity contribution in [3.05, 3.63) is 48.3 Å². The number of carbonyl (C=O) groups excluding carboxylic acids is 3. The van der Waals surface area contributed by atoms with Crippen LogP contribution in [0.25, 0.3) is 0 Å². The Morgan fingerprint density at radius 1 is 1.29 bits per heavy atom. The van der Waals surface area contributed by atoms with Crippen molar-refractivity contribution in [1.29, 1.82) is 0 Å². The molecule has 2 N–H and O–H groups in total. The van der Waals surface area contributed by atoms with E-state index in [-0.39, 0.29) is 24.4 Å². The lowest BCUT2D eigenvalue weighted by molar-refractivity contribution is -0.142. The summed E-state index contributed by atoms with van der Waals surface area (Å²) in [6.07, 6.45) is 2.86. The highest BCUT2D eigenvalue weighted by Crippen LogP contribution is 2.19. The molecule has 1 aromatic carbocycles. The molecule has 11 heteroatoms. The van der Waals surface area contributed by atoms with E-state index in [1.807, 2.05) is 0 Å². The van der Waals surface area contributed by atoms with Crippen LogP contribution in [0.15, 0.2) is 41.6 Å². The first-order valence-electron chi connectivity index (χ1n) is 9.71. The molecule has 1 amide bonds. The number of nitrogens with zero attached hydrogens (tertiary/aromatic N) is 2. The van der Waals surface area contributed by atoms with Crippen molar-refractivity contribution in [2.45, 2.75) is 44.3 Å². The summed E-state index contributed by atoms with van der Waals surface area (Å²) in [5.74, 6) is -3.49. The standard InChI is InChI=1S/C20H23FN4O5S/c1-12(2)18(24-31(29,30)15-5-3-14(21)4-6-15)16(26)9-13-11-25-8-7-22-17(25)10-23-20(28)19(13)27/h3-8,12-13,18,24H,9-11H2,1-2H3,(H,23,28). The molecule has 2 heterocycles. The van der Waals surface area contributed by atoms with Gasteiger partial charge in [0.2, 0.25) is 15.8 Å². The lowest BCUT2D eigenvalue weighted by Gasteiger charge is -2.25. The highest BCUT2D eigenvalue weighted by Gasteiger charge is 2.35. The molecular weight excluding hydrogens is 427 g/mol. The van der Waals surface area contributed by atoms with Crippen LogP contribution in [0, 0.1) is 17.7 Å². The van der Waals surface area contributed by atoms with Gasteiger partial charge in [0, 0.05) is 25.4 Å². The Labute approximate surface area is 179 Å². The van der Waals surface area contributed by atoms with Gasteiger partial charge in [-0.2, -0.15) is 0 Å². The number of halogens is 1. The van der Waals surface area contributed by atoms with Crippen LogP contribution in [0.5, 0.6) is 0 Å². The van der Waals surface area contributed by atoms with E-state index in [4.69, 9.17) is 0 Å². The molecule has 31 heavy (non-hydrogen) atoms. The number of ketones is 2. The van der Waals surface area contributed by atoms with Crippen molar-refractivity contribution < 1.29 is 27.2 Å². The molecule has 1 aliphatic heterocycles. The molecule has 166 valence electrons. The molecule has 2 unspecified atom stereocenters. The zero-order valence-corrected chi connectivity index (χ0v) is 17.9. The number of fused-ring (bicyclic) bond motifs is 1. The molecule has 0 aliphatic carbocycles. The maximum atomic E-state index is 13.1. The van der Waals surface area contributed by atoms with Crippen LogP contribution >= 0.6 is 0 Å². The van der Waals surface area contributed by atoms with Crippen molar-refractivity contribution in [3.63, 3.8) is 0 Å². The zero-order chi connectivity index (χ0) is 22.8. The molecule has 9 nitrogen and oxygen atoms in total. The number of benzene rings is 1. The fraction of sp³-hybridized carbons (Fsp3) is 0.400. The molecule has 0 bridgehead atoms. The van der Waals surface area contributed by atoms with Crippen LogP contribution in [0.2, 0.25) is 0 Å². The summed E-state index contributed by atoms with van der Waals surface area (Å²) in [5.41, 5.74) is 0. The number of hydrogen-bond donors (Lipinski definition) is 2. The smallest absolute Gasteiger partial charge is 0.288 e. The summed E-state index contributed by atoms with van der Waals surface area (Å²) >= 11 is 0. The zero-order valence-electron chi connectivity index (χ0n) is 17.0. The molecule has 2 atom stereocenters. The molecule has 0 saturated carbocycles. The van der Waals surface area contributed by atoms with Gasteiger partial charge in [0.05, 0.1) is 23.4 Å². The van der Waals surface area contributed by atoms with Crippen molar-refractivity contribution in [2.75, 3.05) is 0 Å². The third-order valence-corrected chi connectivity index (χ3v) is 6.54. The third-order valence-electron chi connectivity index (χ3n) is 5.09. The number of imidazole rings is 1. The number of aromatic nitrogens is 2. The Kier molecular flexibility index (Phi) is 6.65. The summed E-state index contributed by atoms with van der Waals surface area (Å²) < 4.78 is 42.5. The number of rotatable bonds is 7. The van der Waals surface area contributed by atoms with Crippen molar-refractivity contribution in [2.24, 2.45) is 11.8 Å². The summed E-state index contributed by atoms with van der Waals surface area (Å²) in [6, 6.07) is 3.09. The molecule has 0 radical (unpaired) electrons. The van der Waals surface area contributed by atoms with Gasteiger partial charge >= 0.3 is 0 Å². The van der Waals surface area contributed by atoms with Crippen molar-refractivity contribution in [1.82, 2.24) is 19.6 Å². The molecule has 0 saturated heterocycles. The second kappa shape index (κ2) is 9.06. The Balaban J connectivity index is 1.80. The van der Waals surface area contributed by atoms with E-state index in [1.54, 1.807) is 24.6 Å². The summed E-state index contributed by atoms with van der Waals surface area (Å²) in [7, 11) is -4.10. The number of amides is 1. The van der Waals surface area contributed by atoms with E-state index in [0.717, 1.165) is 24.3 Å². The predicted molar refractivity (Wildman–Crippen MR) is 108 cm³/mol. The minimum Gasteiger partial charge on any atom is -0.342 e. The molecule has 0 spiro atoms. The number of hydrogen-bond acceptors (Lipinski definition) is 6. The maximum absolute atomic E-state index is 13.1. The van der Waals surface area contributed by atoms with Gasteiger partial charge in [-0.3, -0.25) is 14.4 Å². The summed E-state index contributed by atoms with van der Waals surface area (Å²) in [5, 5.41) is 2.47. The number of nitrogens with one attached hydrogen (secondary N) is 2. The normalized spacial score (nSPS) is 18.1. The fourth-order valence-corrected chi connectivity index (χ4v) is 4.74. The van der Waals surface area contributed by atoms with E-state index >= 15 is 0 Å². The lowest BCUT2D eigenvalue weighted by atomic mass is 9.90. The number of sulfonamides is 1. The third kappa shape index (κ3) is 5.23. The topological polar surface area (TPSA) is 127 Å². The lowest BCUT2D eigenvalue weighted by Crippen LogP contribution is -2.47. The highest BCUT2D eigenvalue weighted by molar-refractivity contribution is 7.89. The van der Waals surface area contributed by atoms with Crippen molar-refractivity contribution >= 4 is 27.5 Å². The van der Waals surface area contributed by atoms with Crippen LogP contribution in [-0.2, 0) is 37.5 Å². The van der Waals surface area contributed by atoms with Crippen LogP contribution in [0.3, 0.4) is 0 Å². The first-order chi connectivity index (χ1) is 14.6. The second-order valence-corrected chi connectivity index (χ2v) is 9.42. The van der Waals surface area contributed by atoms with E-state index in [1.165, 1.54) is 6.20 Å². The second-order valence-electron chi connectivity index (χ2n) is 7.71. The van der Waals surface area contributed by atoms with Gasteiger partial charge in [0.15, 0.2) is 5.78 Å². The van der Waals surface area contributed by atoms with E-state index < -0.39 is 51.2 Å². The van der Waals surface area contributed by atoms with Crippen molar-refractivity contribution in [3.8, 4) is 0 Å². The number of carbonyl (C=O) groups is 3. The SMILES string of the molecule is CC(C)C(NS(=O)(=O)c1ccc(F)cc1)C(=O)CC1Cn2ccnc2CNC(=O)C1=O. The largest absolute Gasteiger partial charge is 0.342 e. The number of Topliss-reactive ketones (excluding diaryl/α,β-unsaturated/α-hetero) is 2. The van der Waals surface area contributed by atoms with Gasteiger partial charge in [-0.25, -0.2) is 22.5 Å². The Morgan fingerprint density at radius 2 is 1.97 bits per heavy atom. The van der Waals surface area contributed by atoms with Gasteiger partial charge in [0.25, 0.3) is 5.91 Å². The van der Waals surface area contributed by atoms with Gasteiger partial charge in [-0.05, 0) is 30.2 Å². The average molecular weight is 450 g/mol. The summed E-state index contributed by atoms with van der Waals surface area (Å²) in [4.78, 5) is 41.6. The van der Waals surface area contributed by atoms with E-state index in [2.05, 4.69) is 15.0 Å². The Morgan fingerprint density at radius 3 is 2.61 bits per heavy atom. The van der Waals surface area contributed by atoms with Gasteiger partial charge in [-0.1, -0.05) is 13.8 Å². The first-order valence-corrected chi connectivity index (χ1v) is 11.2. The molecule has 0 fully saturated rings. The quantitative estimate of drug-likeness (QED) is 0.601. The van der Waals surface area contributed by atoms with Crippen LogP contribution in [0.1, 0.15) is 26.1 Å². The molecule has 1 aliphatic rings. The fourth-order valence-electron chi connectivity index (χ4n) is 3.38. The van der Waals surface area contributed by atoms with Crippen LogP contribution in [-0.4, -0.2) is 41.5 Å². The molecule has 2 aromatic rings. The molecule has 3 rings (SSSR count). The van der Waals surface area contributed by atoms with Gasteiger partial charge in [0.1, 0.15) is 11.6 Å². The average Bonchev–Trinajstić information content (AvgIpc) is 3.15. The summed E-state index contributed by atoms with van der Waals surface area (Å²) in [6.45, 7) is 3.51. The molecular formula is C20H23FN4O5S. The van der Waals surface area contributed by atoms with Gasteiger partial charge in [-0.15, -0.1) is 0 Å². The monoisotopic (exact) mass is 450 g/mol. The minimum absolute atomic E-state index is 0.0862.